The lowest BCUT2D eigenvalue weighted by Crippen LogP contribution is -2.32. The molecule has 4 nitrogen and oxygen atoms in total. The molecule has 3 aliphatic rings. The molecule has 22 heavy (non-hydrogen) atoms. The van der Waals surface area contributed by atoms with Crippen molar-refractivity contribution in [3.05, 3.63) is 34.9 Å². The van der Waals surface area contributed by atoms with E-state index in [9.17, 15) is 10.2 Å². The van der Waals surface area contributed by atoms with E-state index >= 15 is 0 Å². The second kappa shape index (κ2) is 4.74. The van der Waals surface area contributed by atoms with Gasteiger partial charge < -0.3 is 14.9 Å². The van der Waals surface area contributed by atoms with Crippen LogP contribution in [0.15, 0.2) is 18.2 Å². The Hall–Kier alpha value is -1.52. The van der Waals surface area contributed by atoms with Crippen molar-refractivity contribution in [1.82, 2.24) is 4.90 Å². The van der Waals surface area contributed by atoms with Gasteiger partial charge in [-0.15, -0.1) is 0 Å². The standard InChI is InChI=1S/C18H23NO3/c1-19-8-5-11-9-14(21)17(22-2)16-15(11)13(19)10-18(16)6-3-12(20)4-7-18/h3,6,9,12-13,20-21H,4-5,7-8,10H2,1-2H3/t12-,13-,18-/m0/s1. The highest BCUT2D eigenvalue weighted by molar-refractivity contribution is 5.63. The molecule has 1 aromatic rings. The molecule has 3 atom stereocenters. The zero-order valence-electron chi connectivity index (χ0n) is 13.2. The molecule has 1 heterocycles. The van der Waals surface area contributed by atoms with E-state index < -0.39 is 0 Å². The van der Waals surface area contributed by atoms with Crippen molar-refractivity contribution in [1.29, 1.82) is 0 Å². The molecule has 0 radical (unpaired) electrons. The van der Waals surface area contributed by atoms with Crippen LogP contribution in [0.4, 0.5) is 0 Å². The third kappa shape index (κ3) is 1.77. The molecule has 2 aliphatic carbocycles. The van der Waals surface area contributed by atoms with E-state index in [0.29, 0.717) is 11.8 Å². The van der Waals surface area contributed by atoms with Gasteiger partial charge in [0.1, 0.15) is 0 Å². The maximum Gasteiger partial charge on any atom is 0.164 e. The average Bonchev–Trinajstić information content (AvgIpc) is 2.83. The Kier molecular flexibility index (Phi) is 3.03. The van der Waals surface area contributed by atoms with Crippen LogP contribution in [0.3, 0.4) is 0 Å². The van der Waals surface area contributed by atoms with Gasteiger partial charge in [-0.25, -0.2) is 0 Å². The average molecular weight is 301 g/mol. The number of phenolic OH excluding ortho intramolecular Hbond substituents is 1. The summed E-state index contributed by atoms with van der Waals surface area (Å²) in [7, 11) is 3.81. The van der Waals surface area contributed by atoms with Crippen molar-refractivity contribution < 1.29 is 14.9 Å². The fourth-order valence-corrected chi connectivity index (χ4v) is 4.64. The Bertz CT molecular complexity index is 654. The van der Waals surface area contributed by atoms with Crippen molar-refractivity contribution in [3.63, 3.8) is 0 Å². The van der Waals surface area contributed by atoms with Gasteiger partial charge in [0.15, 0.2) is 11.5 Å². The first kappa shape index (κ1) is 14.1. The van der Waals surface area contributed by atoms with Gasteiger partial charge in [0, 0.05) is 23.6 Å². The summed E-state index contributed by atoms with van der Waals surface area (Å²) in [6, 6.07) is 2.27. The van der Waals surface area contributed by atoms with Gasteiger partial charge in [-0.1, -0.05) is 12.2 Å². The fourth-order valence-electron chi connectivity index (χ4n) is 4.64. The van der Waals surface area contributed by atoms with E-state index in [1.807, 2.05) is 12.1 Å². The lowest BCUT2D eigenvalue weighted by atomic mass is 9.73. The summed E-state index contributed by atoms with van der Waals surface area (Å²) in [5.41, 5.74) is 3.65. The highest BCUT2D eigenvalue weighted by atomic mass is 16.5. The van der Waals surface area contributed by atoms with E-state index in [1.165, 1.54) is 11.1 Å². The Morgan fingerprint density at radius 2 is 2.23 bits per heavy atom. The monoisotopic (exact) mass is 301 g/mol. The number of hydrogen-bond acceptors (Lipinski definition) is 4. The van der Waals surface area contributed by atoms with Crippen LogP contribution in [-0.2, 0) is 11.8 Å². The molecule has 0 aromatic heterocycles. The summed E-state index contributed by atoms with van der Waals surface area (Å²) in [4.78, 5) is 2.41. The van der Waals surface area contributed by atoms with Crippen LogP contribution in [0.5, 0.6) is 11.5 Å². The van der Waals surface area contributed by atoms with Gasteiger partial charge in [-0.2, -0.15) is 0 Å². The molecule has 1 spiro atoms. The van der Waals surface area contributed by atoms with Crippen LogP contribution in [0.1, 0.15) is 42.0 Å². The number of allylic oxidation sites excluding steroid dienone is 1. The van der Waals surface area contributed by atoms with Crippen molar-refractivity contribution in [3.8, 4) is 11.5 Å². The maximum absolute atomic E-state index is 10.4. The molecule has 2 N–H and O–H groups in total. The van der Waals surface area contributed by atoms with Crippen molar-refractivity contribution >= 4 is 0 Å². The Morgan fingerprint density at radius 1 is 1.41 bits per heavy atom. The molecule has 0 unspecified atom stereocenters. The van der Waals surface area contributed by atoms with E-state index in [-0.39, 0.29) is 17.3 Å². The van der Waals surface area contributed by atoms with Crippen LogP contribution < -0.4 is 4.74 Å². The first-order valence-electron chi connectivity index (χ1n) is 8.06. The van der Waals surface area contributed by atoms with Crippen LogP contribution >= 0.6 is 0 Å². The van der Waals surface area contributed by atoms with Crippen LogP contribution in [-0.4, -0.2) is 41.9 Å². The topological polar surface area (TPSA) is 52.9 Å². The minimum Gasteiger partial charge on any atom is -0.504 e. The van der Waals surface area contributed by atoms with Gasteiger partial charge in [0.2, 0.25) is 0 Å². The highest BCUT2D eigenvalue weighted by Crippen LogP contribution is 2.59. The van der Waals surface area contributed by atoms with Gasteiger partial charge in [0.05, 0.1) is 13.2 Å². The van der Waals surface area contributed by atoms with Gasteiger partial charge in [-0.3, -0.25) is 4.90 Å². The summed E-state index contributed by atoms with van der Waals surface area (Å²) in [5, 5.41) is 20.3. The first-order valence-corrected chi connectivity index (χ1v) is 8.06. The quantitative estimate of drug-likeness (QED) is 0.782. The predicted octanol–water partition coefficient (Wildman–Crippen LogP) is 2.28. The number of phenols is 1. The molecule has 0 fully saturated rings. The van der Waals surface area contributed by atoms with Crippen LogP contribution in [0.25, 0.3) is 0 Å². The number of aliphatic hydroxyl groups excluding tert-OH is 1. The van der Waals surface area contributed by atoms with Crippen molar-refractivity contribution in [2.75, 3.05) is 20.7 Å². The molecule has 1 aromatic carbocycles. The minimum atomic E-state index is -0.348. The molecule has 118 valence electrons. The third-order valence-corrected chi connectivity index (χ3v) is 5.77. The Labute approximate surface area is 131 Å². The zero-order valence-corrected chi connectivity index (χ0v) is 13.2. The number of aromatic hydroxyl groups is 1. The Balaban J connectivity index is 1.98. The van der Waals surface area contributed by atoms with Gasteiger partial charge in [-0.05, 0) is 49.9 Å². The number of rotatable bonds is 1. The summed E-state index contributed by atoms with van der Waals surface area (Å²) in [5.74, 6) is 0.873. The smallest absolute Gasteiger partial charge is 0.164 e. The normalized spacial score (nSPS) is 33.2. The summed E-state index contributed by atoms with van der Waals surface area (Å²) in [6.45, 7) is 1.02. The van der Waals surface area contributed by atoms with E-state index in [1.54, 1.807) is 7.11 Å². The van der Waals surface area contributed by atoms with E-state index in [0.717, 1.165) is 37.8 Å². The molecule has 0 saturated carbocycles. The van der Waals surface area contributed by atoms with Gasteiger partial charge >= 0.3 is 0 Å². The minimum absolute atomic E-state index is 0.114. The number of fused-ring (bicyclic) bond motifs is 1. The number of methoxy groups -OCH3 is 1. The first-order chi connectivity index (χ1) is 10.6. The molecule has 4 heteroatoms. The summed E-state index contributed by atoms with van der Waals surface area (Å²) in [6.07, 6.45) is 7.37. The zero-order chi connectivity index (χ0) is 15.5. The number of likely N-dealkylation sites (N-methyl/N-ethyl adjacent to an activating group) is 1. The molecule has 0 bridgehead atoms. The lowest BCUT2D eigenvalue weighted by Gasteiger charge is -2.33. The molecule has 0 saturated heterocycles. The number of benzene rings is 1. The third-order valence-electron chi connectivity index (χ3n) is 5.77. The van der Waals surface area contributed by atoms with Crippen LogP contribution in [0, 0.1) is 0 Å². The molecule has 1 aliphatic heterocycles. The highest BCUT2D eigenvalue weighted by Gasteiger charge is 2.49. The van der Waals surface area contributed by atoms with Crippen molar-refractivity contribution in [2.24, 2.45) is 0 Å². The second-order valence-corrected chi connectivity index (χ2v) is 6.95. The number of ether oxygens (including phenoxy) is 1. The van der Waals surface area contributed by atoms with E-state index in [4.69, 9.17) is 4.74 Å². The molecular weight excluding hydrogens is 278 g/mol. The summed E-state index contributed by atoms with van der Waals surface area (Å²) >= 11 is 0. The number of nitrogens with zero attached hydrogens (tertiary/aromatic N) is 1. The van der Waals surface area contributed by atoms with Crippen molar-refractivity contribution in [2.45, 2.75) is 43.2 Å². The summed E-state index contributed by atoms with van der Waals surface area (Å²) < 4.78 is 5.58. The number of hydrogen-bond donors (Lipinski definition) is 2. The second-order valence-electron chi connectivity index (χ2n) is 6.95. The Morgan fingerprint density at radius 3 is 2.91 bits per heavy atom. The molecule has 0 amide bonds. The SMILES string of the molecule is COc1c(O)cc2c3c1[C@]1(C=C[C@H](O)CC1)C[C@@H]3N(C)CC2. The lowest BCUT2D eigenvalue weighted by molar-refractivity contribution is 0.172. The molecular formula is C18H23NO3. The largest absolute Gasteiger partial charge is 0.504 e. The van der Waals surface area contributed by atoms with E-state index in [2.05, 4.69) is 18.0 Å². The maximum atomic E-state index is 10.4. The molecule has 4 rings (SSSR count). The van der Waals surface area contributed by atoms with Gasteiger partial charge in [0.25, 0.3) is 0 Å². The fraction of sp³-hybridized carbons (Fsp3) is 0.556. The predicted molar refractivity (Wildman–Crippen MR) is 84.4 cm³/mol. The van der Waals surface area contributed by atoms with Crippen LogP contribution in [0.2, 0.25) is 0 Å². The number of aliphatic hydroxyl groups is 1.